The summed E-state index contributed by atoms with van der Waals surface area (Å²) < 4.78 is 12.3. The van der Waals surface area contributed by atoms with Gasteiger partial charge < -0.3 is 9.47 Å². The van der Waals surface area contributed by atoms with E-state index in [0.29, 0.717) is 0 Å². The first kappa shape index (κ1) is 13.1. The van der Waals surface area contributed by atoms with Crippen LogP contribution in [0.15, 0.2) is 48.5 Å². The lowest BCUT2D eigenvalue weighted by atomic mass is 9.81. The van der Waals surface area contributed by atoms with Gasteiger partial charge in [0.25, 0.3) is 0 Å². The van der Waals surface area contributed by atoms with E-state index in [1.54, 1.807) is 0 Å². The van der Waals surface area contributed by atoms with Crippen LogP contribution < -0.4 is 0 Å². The third kappa shape index (κ3) is 2.19. The SMILES string of the molecule is Cc1ccc([C@@H]2C[C@]3(CCO2)OCc2ccccc23)cc1. The van der Waals surface area contributed by atoms with Crippen molar-refractivity contribution in [3.63, 3.8) is 0 Å². The predicted octanol–water partition coefficient (Wildman–Crippen LogP) is 4.27. The number of benzene rings is 2. The van der Waals surface area contributed by atoms with Gasteiger partial charge >= 0.3 is 0 Å². The second kappa shape index (κ2) is 4.97. The molecule has 2 nitrogen and oxygen atoms in total. The van der Waals surface area contributed by atoms with E-state index in [1.807, 2.05) is 0 Å². The van der Waals surface area contributed by atoms with Crippen LogP contribution in [0.5, 0.6) is 0 Å². The highest BCUT2D eigenvalue weighted by molar-refractivity contribution is 5.36. The average Bonchev–Trinajstić information content (AvgIpc) is 2.87. The maximum Gasteiger partial charge on any atom is 0.0989 e. The van der Waals surface area contributed by atoms with Gasteiger partial charge in [0, 0.05) is 12.8 Å². The van der Waals surface area contributed by atoms with Gasteiger partial charge in [-0.3, -0.25) is 0 Å². The monoisotopic (exact) mass is 280 g/mol. The van der Waals surface area contributed by atoms with Gasteiger partial charge in [-0.15, -0.1) is 0 Å². The fourth-order valence-electron chi connectivity index (χ4n) is 3.58. The van der Waals surface area contributed by atoms with Crippen molar-refractivity contribution in [1.29, 1.82) is 0 Å². The van der Waals surface area contributed by atoms with E-state index in [9.17, 15) is 0 Å². The van der Waals surface area contributed by atoms with Gasteiger partial charge in [0.1, 0.15) is 0 Å². The minimum atomic E-state index is -0.148. The normalized spacial score (nSPS) is 27.8. The van der Waals surface area contributed by atoms with Gasteiger partial charge in [-0.2, -0.15) is 0 Å². The van der Waals surface area contributed by atoms with Crippen LogP contribution in [0, 0.1) is 6.92 Å². The molecule has 0 amide bonds. The molecular weight excluding hydrogens is 260 g/mol. The van der Waals surface area contributed by atoms with E-state index in [1.165, 1.54) is 22.3 Å². The maximum absolute atomic E-state index is 6.25. The number of hydrogen-bond acceptors (Lipinski definition) is 2. The first-order valence-electron chi connectivity index (χ1n) is 7.67. The Balaban J connectivity index is 1.66. The van der Waals surface area contributed by atoms with Crippen molar-refractivity contribution in [2.45, 2.75) is 38.1 Å². The summed E-state index contributed by atoms with van der Waals surface area (Å²) >= 11 is 0. The van der Waals surface area contributed by atoms with Gasteiger partial charge in [-0.25, -0.2) is 0 Å². The topological polar surface area (TPSA) is 18.5 Å². The summed E-state index contributed by atoms with van der Waals surface area (Å²) in [6, 6.07) is 17.3. The molecule has 0 aromatic heterocycles. The van der Waals surface area contributed by atoms with E-state index in [-0.39, 0.29) is 11.7 Å². The smallest absolute Gasteiger partial charge is 0.0989 e. The fourth-order valence-corrected chi connectivity index (χ4v) is 3.58. The Kier molecular flexibility index (Phi) is 3.09. The molecule has 0 unspecified atom stereocenters. The largest absolute Gasteiger partial charge is 0.373 e. The van der Waals surface area contributed by atoms with Crippen LogP contribution in [0.1, 0.15) is 41.2 Å². The second-order valence-corrected chi connectivity index (χ2v) is 6.16. The Morgan fingerprint density at radius 2 is 1.86 bits per heavy atom. The molecule has 1 fully saturated rings. The van der Waals surface area contributed by atoms with E-state index in [2.05, 4.69) is 55.5 Å². The first-order chi connectivity index (χ1) is 10.3. The predicted molar refractivity (Wildman–Crippen MR) is 82.0 cm³/mol. The summed E-state index contributed by atoms with van der Waals surface area (Å²) in [6.07, 6.45) is 1.99. The van der Waals surface area contributed by atoms with Crippen molar-refractivity contribution in [1.82, 2.24) is 0 Å². The van der Waals surface area contributed by atoms with Crippen LogP contribution in [0.4, 0.5) is 0 Å². The Morgan fingerprint density at radius 3 is 2.71 bits per heavy atom. The molecule has 2 aliphatic rings. The third-order valence-electron chi connectivity index (χ3n) is 4.80. The molecule has 108 valence electrons. The van der Waals surface area contributed by atoms with Gasteiger partial charge in [0.15, 0.2) is 0 Å². The van der Waals surface area contributed by atoms with Crippen molar-refractivity contribution in [3.05, 3.63) is 70.8 Å². The number of hydrogen-bond donors (Lipinski definition) is 0. The molecule has 2 aromatic rings. The number of fused-ring (bicyclic) bond motifs is 2. The summed E-state index contributed by atoms with van der Waals surface area (Å²) in [5.74, 6) is 0. The fraction of sp³-hybridized carbons (Fsp3) is 0.368. The molecule has 2 heterocycles. The Bertz CT molecular complexity index is 643. The summed E-state index contributed by atoms with van der Waals surface area (Å²) in [5.41, 5.74) is 5.09. The molecule has 2 heteroatoms. The van der Waals surface area contributed by atoms with E-state index >= 15 is 0 Å². The maximum atomic E-state index is 6.25. The van der Waals surface area contributed by atoms with Crippen LogP contribution in [0.3, 0.4) is 0 Å². The number of rotatable bonds is 1. The lowest BCUT2D eigenvalue weighted by molar-refractivity contribution is -0.138. The summed E-state index contributed by atoms with van der Waals surface area (Å²) in [6.45, 7) is 3.60. The van der Waals surface area contributed by atoms with Crippen molar-refractivity contribution in [2.75, 3.05) is 6.61 Å². The lowest BCUT2D eigenvalue weighted by Gasteiger charge is -2.38. The van der Waals surface area contributed by atoms with Crippen LogP contribution in [0.25, 0.3) is 0 Å². The quantitative estimate of drug-likeness (QED) is 0.776. The first-order valence-corrected chi connectivity index (χ1v) is 7.67. The van der Waals surface area contributed by atoms with Crippen molar-refractivity contribution in [2.24, 2.45) is 0 Å². The Hall–Kier alpha value is -1.64. The summed E-state index contributed by atoms with van der Waals surface area (Å²) in [4.78, 5) is 0. The highest BCUT2D eigenvalue weighted by Gasteiger charge is 2.44. The molecule has 0 aliphatic carbocycles. The lowest BCUT2D eigenvalue weighted by Crippen LogP contribution is -2.35. The molecular formula is C19H20O2. The van der Waals surface area contributed by atoms with Gasteiger partial charge in [0.05, 0.1) is 24.9 Å². The third-order valence-corrected chi connectivity index (χ3v) is 4.80. The summed E-state index contributed by atoms with van der Waals surface area (Å²) in [7, 11) is 0. The van der Waals surface area contributed by atoms with Crippen molar-refractivity contribution < 1.29 is 9.47 Å². The number of aryl methyl sites for hydroxylation is 1. The molecule has 21 heavy (non-hydrogen) atoms. The Morgan fingerprint density at radius 1 is 1.05 bits per heavy atom. The zero-order valence-electron chi connectivity index (χ0n) is 12.3. The van der Waals surface area contributed by atoms with Crippen LogP contribution in [-0.4, -0.2) is 6.61 Å². The zero-order chi connectivity index (χ0) is 14.3. The molecule has 0 radical (unpaired) electrons. The molecule has 0 N–H and O–H groups in total. The van der Waals surface area contributed by atoms with Gasteiger partial charge in [0.2, 0.25) is 0 Å². The highest BCUT2D eigenvalue weighted by atomic mass is 16.5. The summed E-state index contributed by atoms with van der Waals surface area (Å²) in [5, 5.41) is 0. The molecule has 4 rings (SSSR count). The molecule has 0 bridgehead atoms. The van der Waals surface area contributed by atoms with Crippen molar-refractivity contribution >= 4 is 0 Å². The number of ether oxygens (including phenoxy) is 2. The average molecular weight is 280 g/mol. The molecule has 2 atom stereocenters. The van der Waals surface area contributed by atoms with Gasteiger partial charge in [-0.05, 0) is 23.6 Å². The molecule has 1 spiro atoms. The Labute approximate surface area is 125 Å². The van der Waals surface area contributed by atoms with Crippen molar-refractivity contribution in [3.8, 4) is 0 Å². The molecule has 2 aromatic carbocycles. The van der Waals surface area contributed by atoms with Crippen LogP contribution >= 0.6 is 0 Å². The second-order valence-electron chi connectivity index (χ2n) is 6.16. The van der Waals surface area contributed by atoms with Crippen LogP contribution in [-0.2, 0) is 21.7 Å². The standard InChI is InChI=1S/C19H20O2/c1-14-6-8-15(9-7-14)18-12-19(10-11-20-18)17-5-3-2-4-16(17)13-21-19/h2-9,18H,10-13H2,1H3/t18-,19-/m0/s1. The zero-order valence-corrected chi connectivity index (χ0v) is 12.3. The molecule has 0 saturated carbocycles. The highest BCUT2D eigenvalue weighted by Crippen LogP contribution is 2.48. The molecule has 1 saturated heterocycles. The van der Waals surface area contributed by atoms with Crippen LogP contribution in [0.2, 0.25) is 0 Å². The van der Waals surface area contributed by atoms with E-state index < -0.39 is 0 Å². The van der Waals surface area contributed by atoms with E-state index in [4.69, 9.17) is 9.47 Å². The molecule has 2 aliphatic heterocycles. The minimum absolute atomic E-state index is 0.130. The van der Waals surface area contributed by atoms with Gasteiger partial charge in [-0.1, -0.05) is 54.1 Å². The minimum Gasteiger partial charge on any atom is -0.373 e. The van der Waals surface area contributed by atoms with E-state index in [0.717, 1.165) is 26.1 Å².